The molecule has 0 radical (unpaired) electrons. The first-order chi connectivity index (χ1) is 12.7. The number of aromatic hydroxyl groups is 1. The molecule has 5 heteroatoms. The van der Waals surface area contributed by atoms with Gasteiger partial charge in [0, 0.05) is 12.6 Å². The third kappa shape index (κ3) is 5.49. The molecule has 1 fully saturated rings. The van der Waals surface area contributed by atoms with Crippen LogP contribution in [-0.4, -0.2) is 36.2 Å². The molecule has 1 N–H and O–H groups in total. The second kappa shape index (κ2) is 9.25. The minimum atomic E-state index is -0.454. The summed E-state index contributed by atoms with van der Waals surface area (Å²) in [6, 6.07) is 9.04. The van der Waals surface area contributed by atoms with E-state index >= 15 is 0 Å². The molecule has 2 aromatic rings. The molecule has 0 aliphatic carbocycles. The van der Waals surface area contributed by atoms with E-state index < -0.39 is 5.43 Å². The topological polar surface area (TPSA) is 62.9 Å². The van der Waals surface area contributed by atoms with Gasteiger partial charge in [-0.15, -0.1) is 0 Å². The van der Waals surface area contributed by atoms with Gasteiger partial charge in [-0.05, 0) is 56.1 Å². The molecular weight excluding hydrogens is 330 g/mol. The molecule has 1 aliphatic heterocycles. The van der Waals surface area contributed by atoms with Crippen LogP contribution in [0.15, 0.2) is 45.8 Å². The van der Waals surface area contributed by atoms with Crippen molar-refractivity contribution in [3.8, 4) is 11.5 Å². The predicted molar refractivity (Wildman–Crippen MR) is 102 cm³/mol. The summed E-state index contributed by atoms with van der Waals surface area (Å²) in [5, 5.41) is 9.18. The van der Waals surface area contributed by atoms with Crippen molar-refractivity contribution in [3.63, 3.8) is 0 Å². The van der Waals surface area contributed by atoms with Crippen LogP contribution in [0.5, 0.6) is 11.5 Å². The molecule has 1 aliphatic rings. The first-order valence-electron chi connectivity index (χ1n) is 9.16. The van der Waals surface area contributed by atoms with Gasteiger partial charge < -0.3 is 19.2 Å². The van der Waals surface area contributed by atoms with Crippen LogP contribution in [0.1, 0.15) is 37.0 Å². The smallest absolute Gasteiger partial charge is 0.227 e. The van der Waals surface area contributed by atoms with E-state index in [-0.39, 0.29) is 5.75 Å². The van der Waals surface area contributed by atoms with Gasteiger partial charge in [0.05, 0.1) is 6.61 Å². The zero-order chi connectivity index (χ0) is 18.2. The predicted octanol–water partition coefficient (Wildman–Crippen LogP) is 3.77. The van der Waals surface area contributed by atoms with Gasteiger partial charge in [-0.2, -0.15) is 0 Å². The minimum Gasteiger partial charge on any atom is -0.502 e. The molecule has 0 saturated carbocycles. The van der Waals surface area contributed by atoms with Crippen molar-refractivity contribution in [2.24, 2.45) is 0 Å². The van der Waals surface area contributed by atoms with E-state index in [4.69, 9.17) is 9.15 Å². The number of hydrogen-bond donors (Lipinski definition) is 1. The lowest BCUT2D eigenvalue weighted by atomic mass is 10.1. The minimum absolute atomic E-state index is 0.385. The normalized spacial score (nSPS) is 15.4. The number of ether oxygens (including phenoxy) is 1. The average Bonchev–Trinajstić information content (AvgIpc) is 2.68. The van der Waals surface area contributed by atoms with E-state index in [1.54, 1.807) is 6.08 Å². The second-order valence-electron chi connectivity index (χ2n) is 6.54. The highest BCUT2D eigenvalue weighted by Gasteiger charge is 2.08. The van der Waals surface area contributed by atoms with E-state index in [0.717, 1.165) is 37.1 Å². The summed E-state index contributed by atoms with van der Waals surface area (Å²) in [6.45, 7) is 4.29. The van der Waals surface area contributed by atoms with Crippen LogP contribution in [0.4, 0.5) is 0 Å². The summed E-state index contributed by atoms with van der Waals surface area (Å²) < 4.78 is 10.9. The lowest BCUT2D eigenvalue weighted by molar-refractivity contribution is 0.205. The zero-order valence-corrected chi connectivity index (χ0v) is 14.9. The Hall–Kier alpha value is -2.53. The third-order valence-corrected chi connectivity index (χ3v) is 4.49. The van der Waals surface area contributed by atoms with E-state index in [0.29, 0.717) is 5.76 Å². The Balaban J connectivity index is 1.44. The third-order valence-electron chi connectivity index (χ3n) is 4.49. The highest BCUT2D eigenvalue weighted by molar-refractivity contribution is 5.67. The number of hydrogen-bond acceptors (Lipinski definition) is 5. The number of rotatable bonds is 7. The Labute approximate surface area is 153 Å². The molecule has 0 spiro atoms. The number of nitrogens with zero attached hydrogens (tertiary/aromatic N) is 1. The van der Waals surface area contributed by atoms with Crippen LogP contribution in [0, 0.1) is 0 Å². The van der Waals surface area contributed by atoms with E-state index in [1.807, 2.05) is 30.3 Å². The van der Waals surface area contributed by atoms with Gasteiger partial charge in [-0.1, -0.05) is 24.6 Å². The summed E-state index contributed by atoms with van der Waals surface area (Å²) in [6.07, 6.45) is 9.63. The molecule has 1 aromatic carbocycles. The molecule has 5 nitrogen and oxygen atoms in total. The molecule has 0 atom stereocenters. The molecule has 2 heterocycles. The van der Waals surface area contributed by atoms with Crippen LogP contribution in [0.3, 0.4) is 0 Å². The van der Waals surface area contributed by atoms with Gasteiger partial charge in [0.15, 0.2) is 5.75 Å². The Morgan fingerprint density at radius 2 is 1.88 bits per heavy atom. The van der Waals surface area contributed by atoms with Crippen LogP contribution in [0.25, 0.3) is 12.2 Å². The quantitative estimate of drug-likeness (QED) is 0.766. The van der Waals surface area contributed by atoms with Crippen molar-refractivity contribution in [3.05, 3.63) is 58.1 Å². The van der Waals surface area contributed by atoms with Crippen LogP contribution >= 0.6 is 0 Å². The Bertz CT molecular complexity index is 773. The average molecular weight is 355 g/mol. The fourth-order valence-electron chi connectivity index (χ4n) is 3.02. The molecule has 3 rings (SSSR count). The first kappa shape index (κ1) is 18.3. The van der Waals surface area contributed by atoms with E-state index in [2.05, 4.69) is 4.90 Å². The lowest BCUT2D eigenvalue weighted by Gasteiger charge is -2.26. The second-order valence-corrected chi connectivity index (χ2v) is 6.54. The molecule has 1 saturated heterocycles. The lowest BCUT2D eigenvalue weighted by Crippen LogP contribution is -2.31. The number of benzene rings is 1. The molecule has 138 valence electrons. The summed E-state index contributed by atoms with van der Waals surface area (Å²) in [5.74, 6) is 0.867. The largest absolute Gasteiger partial charge is 0.502 e. The fraction of sp³-hybridized carbons (Fsp3) is 0.381. The number of likely N-dealkylation sites (tertiary alicyclic amines) is 1. The maximum absolute atomic E-state index is 11.4. The van der Waals surface area contributed by atoms with Crippen LogP contribution in [0.2, 0.25) is 0 Å². The van der Waals surface area contributed by atoms with Crippen molar-refractivity contribution < 1.29 is 14.3 Å². The van der Waals surface area contributed by atoms with Gasteiger partial charge in [0.1, 0.15) is 17.8 Å². The summed E-state index contributed by atoms with van der Waals surface area (Å²) in [7, 11) is 0. The SMILES string of the molecule is O=c1cc(/C=C/c2ccc(OCCCN3CCCCC3)cc2)occ1O. The Kier molecular flexibility index (Phi) is 6.50. The summed E-state index contributed by atoms with van der Waals surface area (Å²) >= 11 is 0. The Morgan fingerprint density at radius 3 is 2.62 bits per heavy atom. The first-order valence-corrected chi connectivity index (χ1v) is 9.16. The van der Waals surface area contributed by atoms with E-state index in [1.165, 1.54) is 38.4 Å². The zero-order valence-electron chi connectivity index (χ0n) is 14.9. The molecular formula is C21H25NO4. The van der Waals surface area contributed by atoms with Crippen molar-refractivity contribution in [2.75, 3.05) is 26.2 Å². The van der Waals surface area contributed by atoms with Crippen LogP contribution < -0.4 is 10.2 Å². The molecule has 26 heavy (non-hydrogen) atoms. The van der Waals surface area contributed by atoms with Crippen LogP contribution in [-0.2, 0) is 0 Å². The highest BCUT2D eigenvalue weighted by atomic mass is 16.5. The molecule has 0 unspecified atom stereocenters. The molecule has 0 amide bonds. The number of piperidine rings is 1. The van der Waals surface area contributed by atoms with Gasteiger partial charge >= 0.3 is 0 Å². The van der Waals surface area contributed by atoms with Gasteiger partial charge in [0.25, 0.3) is 0 Å². The van der Waals surface area contributed by atoms with Gasteiger partial charge in [-0.25, -0.2) is 0 Å². The van der Waals surface area contributed by atoms with E-state index in [9.17, 15) is 9.90 Å². The van der Waals surface area contributed by atoms with Gasteiger partial charge in [0.2, 0.25) is 5.43 Å². The van der Waals surface area contributed by atoms with Crippen molar-refractivity contribution in [1.29, 1.82) is 0 Å². The fourth-order valence-corrected chi connectivity index (χ4v) is 3.02. The standard InChI is InChI=1S/C21H25NO4/c23-20-15-19(26-16-21(20)24)10-7-17-5-8-18(9-6-17)25-14-4-13-22-11-2-1-3-12-22/h5-10,15-16,24H,1-4,11-14H2/b10-7+. The maximum atomic E-state index is 11.4. The molecule has 1 aromatic heterocycles. The van der Waals surface area contributed by atoms with Crippen molar-refractivity contribution >= 4 is 12.2 Å². The highest BCUT2D eigenvalue weighted by Crippen LogP contribution is 2.15. The van der Waals surface area contributed by atoms with Crippen molar-refractivity contribution in [2.45, 2.75) is 25.7 Å². The van der Waals surface area contributed by atoms with Crippen molar-refractivity contribution in [1.82, 2.24) is 4.90 Å². The summed E-state index contributed by atoms with van der Waals surface area (Å²) in [4.78, 5) is 13.9. The Morgan fingerprint density at radius 1 is 1.12 bits per heavy atom. The monoisotopic (exact) mass is 355 g/mol. The van der Waals surface area contributed by atoms with Gasteiger partial charge in [-0.3, -0.25) is 4.79 Å². The maximum Gasteiger partial charge on any atom is 0.227 e. The summed E-state index contributed by atoms with van der Waals surface area (Å²) in [5.41, 5.74) is 0.519. The molecule has 0 bridgehead atoms.